The first-order chi connectivity index (χ1) is 18.9. The smallest absolute Gasteiger partial charge is 0.408 e. The van der Waals surface area contributed by atoms with E-state index < -0.39 is 25.8 Å². The molecule has 4 rings (SSSR count). The number of rotatable bonds is 11. The van der Waals surface area contributed by atoms with E-state index in [0.717, 1.165) is 46.1 Å². The van der Waals surface area contributed by atoms with E-state index in [9.17, 15) is 4.79 Å². The molecule has 3 aromatic heterocycles. The number of benzene rings is 1. The van der Waals surface area contributed by atoms with Gasteiger partial charge in [-0.3, -0.25) is 4.98 Å². The molecule has 1 unspecified atom stereocenters. The Morgan fingerprint density at radius 2 is 1.85 bits per heavy atom. The van der Waals surface area contributed by atoms with Crippen molar-refractivity contribution in [3.8, 4) is 0 Å². The monoisotopic (exact) mass is 562 g/mol. The molecule has 1 amide bonds. The van der Waals surface area contributed by atoms with Crippen LogP contribution in [0.15, 0.2) is 55.2 Å². The lowest BCUT2D eigenvalue weighted by Crippen LogP contribution is -2.37. The Kier molecular flexibility index (Phi) is 9.10. The summed E-state index contributed by atoms with van der Waals surface area (Å²) in [4.78, 5) is 21.7. The molecule has 214 valence electrons. The highest BCUT2D eigenvalue weighted by molar-refractivity contribution is 6.76. The number of ether oxygens (including phenoxy) is 2. The van der Waals surface area contributed by atoms with Gasteiger partial charge in [0.2, 0.25) is 0 Å². The highest BCUT2D eigenvalue weighted by Crippen LogP contribution is 2.25. The van der Waals surface area contributed by atoms with Crippen LogP contribution in [0.1, 0.15) is 49.3 Å². The number of hydrogen-bond acceptors (Lipinski definition) is 6. The minimum Gasteiger partial charge on any atom is -0.444 e. The van der Waals surface area contributed by atoms with Gasteiger partial charge in [0.05, 0.1) is 11.6 Å². The van der Waals surface area contributed by atoms with E-state index in [-0.39, 0.29) is 0 Å². The fourth-order valence-electron chi connectivity index (χ4n) is 4.50. The summed E-state index contributed by atoms with van der Waals surface area (Å²) in [6, 6.07) is 8.94. The zero-order valence-electron chi connectivity index (χ0n) is 24.8. The Bertz CT molecular complexity index is 1420. The Morgan fingerprint density at radius 3 is 2.55 bits per heavy atom. The van der Waals surface area contributed by atoms with Crippen molar-refractivity contribution in [2.75, 3.05) is 6.61 Å². The number of amides is 1. The molecule has 0 fully saturated rings. The quantitative estimate of drug-likeness (QED) is 0.175. The second kappa shape index (κ2) is 12.3. The largest absolute Gasteiger partial charge is 0.444 e. The number of hydrogen-bond donors (Lipinski definition) is 1. The fraction of sp³-hybridized carbons (Fsp3) is 0.467. The summed E-state index contributed by atoms with van der Waals surface area (Å²) in [5, 5.41) is 8.87. The van der Waals surface area contributed by atoms with Crippen LogP contribution in [-0.4, -0.2) is 50.7 Å². The van der Waals surface area contributed by atoms with Gasteiger partial charge in [0, 0.05) is 64.0 Å². The third kappa shape index (κ3) is 8.50. The van der Waals surface area contributed by atoms with Gasteiger partial charge in [-0.25, -0.2) is 14.5 Å². The lowest BCUT2D eigenvalue weighted by Gasteiger charge is -2.24. The second-order valence-electron chi connectivity index (χ2n) is 12.5. The van der Waals surface area contributed by atoms with Crippen LogP contribution in [0.5, 0.6) is 0 Å². The molecule has 0 radical (unpaired) electrons. The van der Waals surface area contributed by atoms with Crippen molar-refractivity contribution in [2.24, 2.45) is 0 Å². The molecule has 10 heteroatoms. The van der Waals surface area contributed by atoms with Gasteiger partial charge in [-0.05, 0) is 68.6 Å². The maximum Gasteiger partial charge on any atom is 0.408 e. The standard InChI is InChI=1S/C30H42N6O3Si/c1-22-16-24(17-25-20-36(34-27(22)25)21-38-14-15-40(5,6)7)18-26(33-29(37)39-30(2,3)4)28-32-12-13-35(28)19-23-8-10-31-11-9-23/h8-13,16-17,20,26H,14-15,18-19,21H2,1-7H3,(H,33,37). The van der Waals surface area contributed by atoms with E-state index in [2.05, 4.69) is 58.5 Å². The van der Waals surface area contributed by atoms with Gasteiger partial charge in [0.25, 0.3) is 0 Å². The molecule has 3 heterocycles. The van der Waals surface area contributed by atoms with Crippen molar-refractivity contribution >= 4 is 25.1 Å². The second-order valence-corrected chi connectivity index (χ2v) is 18.2. The summed E-state index contributed by atoms with van der Waals surface area (Å²) in [5.41, 5.74) is 3.59. The van der Waals surface area contributed by atoms with Gasteiger partial charge in [0.15, 0.2) is 0 Å². The number of alkyl carbamates (subject to hydrolysis) is 1. The number of fused-ring (bicyclic) bond motifs is 1. The topological polar surface area (TPSA) is 96.1 Å². The molecular formula is C30H42N6O3Si. The maximum atomic E-state index is 12.9. The Hall–Kier alpha value is -3.50. The van der Waals surface area contributed by atoms with Gasteiger partial charge >= 0.3 is 6.09 Å². The van der Waals surface area contributed by atoms with Crippen LogP contribution in [0.4, 0.5) is 4.79 Å². The van der Waals surface area contributed by atoms with E-state index in [0.29, 0.717) is 19.7 Å². The number of aryl methyl sites for hydroxylation is 1. The molecule has 40 heavy (non-hydrogen) atoms. The summed E-state index contributed by atoms with van der Waals surface area (Å²) in [5.74, 6) is 0.756. The van der Waals surface area contributed by atoms with Crippen molar-refractivity contribution in [3.63, 3.8) is 0 Å². The van der Waals surface area contributed by atoms with Crippen molar-refractivity contribution in [3.05, 3.63) is 77.8 Å². The molecule has 0 aliphatic heterocycles. The Morgan fingerprint density at radius 1 is 1.10 bits per heavy atom. The average Bonchev–Trinajstić information content (AvgIpc) is 3.47. The van der Waals surface area contributed by atoms with E-state index in [4.69, 9.17) is 14.6 Å². The van der Waals surface area contributed by atoms with Gasteiger partial charge in [-0.1, -0.05) is 25.7 Å². The summed E-state index contributed by atoms with van der Waals surface area (Å²) < 4.78 is 15.4. The van der Waals surface area contributed by atoms with E-state index in [1.54, 1.807) is 18.6 Å². The van der Waals surface area contributed by atoms with Crippen LogP contribution in [0.2, 0.25) is 25.7 Å². The molecule has 1 atom stereocenters. The Labute approximate surface area is 237 Å². The molecule has 4 aromatic rings. The van der Waals surface area contributed by atoms with Crippen molar-refractivity contribution in [1.29, 1.82) is 0 Å². The summed E-state index contributed by atoms with van der Waals surface area (Å²) in [7, 11) is -1.14. The van der Waals surface area contributed by atoms with Crippen LogP contribution in [0, 0.1) is 6.92 Å². The average molecular weight is 563 g/mol. The summed E-state index contributed by atoms with van der Waals surface area (Å²) >= 11 is 0. The third-order valence-corrected chi connectivity index (χ3v) is 8.12. The molecule has 0 saturated heterocycles. The number of imidazole rings is 1. The molecule has 0 saturated carbocycles. The minimum atomic E-state index is -1.14. The molecular weight excluding hydrogens is 520 g/mol. The zero-order chi connectivity index (χ0) is 28.9. The number of carbonyl (C=O) groups excluding carboxylic acids is 1. The normalized spacial score (nSPS) is 13.0. The number of aromatic nitrogens is 5. The molecule has 0 aliphatic rings. The van der Waals surface area contributed by atoms with Crippen LogP contribution < -0.4 is 5.32 Å². The van der Waals surface area contributed by atoms with Crippen LogP contribution >= 0.6 is 0 Å². The molecule has 0 aliphatic carbocycles. The molecule has 1 N–H and O–H groups in total. The minimum absolute atomic E-state index is 0.400. The summed E-state index contributed by atoms with van der Waals surface area (Å²) in [6.07, 6.45) is 9.34. The number of nitrogens with zero attached hydrogens (tertiary/aromatic N) is 5. The van der Waals surface area contributed by atoms with Crippen molar-refractivity contribution in [1.82, 2.24) is 29.6 Å². The number of pyridine rings is 1. The molecule has 0 bridgehead atoms. The first-order valence-corrected chi connectivity index (χ1v) is 17.5. The van der Waals surface area contributed by atoms with Crippen LogP contribution in [0.25, 0.3) is 10.9 Å². The van der Waals surface area contributed by atoms with Crippen LogP contribution in [0.3, 0.4) is 0 Å². The maximum absolute atomic E-state index is 12.9. The number of nitrogens with one attached hydrogen (secondary N) is 1. The van der Waals surface area contributed by atoms with E-state index in [1.165, 1.54) is 0 Å². The molecule has 1 aromatic carbocycles. The zero-order valence-corrected chi connectivity index (χ0v) is 25.8. The lowest BCUT2D eigenvalue weighted by molar-refractivity contribution is 0.0500. The fourth-order valence-corrected chi connectivity index (χ4v) is 5.26. The predicted octanol–water partition coefficient (Wildman–Crippen LogP) is 6.11. The van der Waals surface area contributed by atoms with Gasteiger partial charge in [-0.15, -0.1) is 0 Å². The lowest BCUT2D eigenvalue weighted by atomic mass is 10.0. The first kappa shape index (κ1) is 29.5. The van der Waals surface area contributed by atoms with Gasteiger partial charge in [-0.2, -0.15) is 5.10 Å². The number of carbonyl (C=O) groups is 1. The van der Waals surface area contributed by atoms with Gasteiger partial charge in [0.1, 0.15) is 18.2 Å². The highest BCUT2D eigenvalue weighted by atomic mass is 28.3. The molecule has 9 nitrogen and oxygen atoms in total. The first-order valence-electron chi connectivity index (χ1n) is 13.8. The van der Waals surface area contributed by atoms with E-state index >= 15 is 0 Å². The molecule has 0 spiro atoms. The van der Waals surface area contributed by atoms with E-state index in [1.807, 2.05) is 50.0 Å². The van der Waals surface area contributed by atoms with Crippen molar-refractivity contribution < 1.29 is 14.3 Å². The third-order valence-electron chi connectivity index (χ3n) is 6.42. The van der Waals surface area contributed by atoms with Crippen LogP contribution in [-0.2, 0) is 29.2 Å². The predicted molar refractivity (Wildman–Crippen MR) is 160 cm³/mol. The summed E-state index contributed by atoms with van der Waals surface area (Å²) in [6.45, 7) is 16.5. The van der Waals surface area contributed by atoms with Crippen molar-refractivity contribution in [2.45, 2.75) is 84.7 Å². The Balaban J connectivity index is 1.57. The van der Waals surface area contributed by atoms with Gasteiger partial charge < -0.3 is 19.4 Å². The SMILES string of the molecule is Cc1cc(CC(NC(=O)OC(C)(C)C)c2nccn2Cc2ccncc2)cc2cn(COCC[Si](C)(C)C)nc12. The highest BCUT2D eigenvalue weighted by Gasteiger charge is 2.24.